The van der Waals surface area contributed by atoms with E-state index < -0.39 is 31.3 Å². The van der Waals surface area contributed by atoms with Gasteiger partial charge in [-0.15, -0.1) is 9.36 Å². The summed E-state index contributed by atoms with van der Waals surface area (Å²) in [6, 6.07) is 13.9. The second kappa shape index (κ2) is 13.0. The van der Waals surface area contributed by atoms with Crippen LogP contribution in [0.4, 0.5) is 13.2 Å². The van der Waals surface area contributed by atoms with E-state index in [9.17, 15) is 26.7 Å². The molecule has 0 radical (unpaired) electrons. The predicted octanol–water partition coefficient (Wildman–Crippen LogP) is 2.35. The molecule has 0 saturated carbocycles. The molecule has 1 N–H and O–H groups in total. The number of halogens is 3. The van der Waals surface area contributed by atoms with E-state index in [-0.39, 0.29) is 12.4 Å². The zero-order valence-corrected chi connectivity index (χ0v) is 23.1. The summed E-state index contributed by atoms with van der Waals surface area (Å²) in [7, 11) is -7.96. The highest BCUT2D eigenvalue weighted by molar-refractivity contribution is 7.86. The molecule has 11 nitrogen and oxygen atoms in total. The second-order valence-electron chi connectivity index (χ2n) is 8.90. The van der Waals surface area contributed by atoms with Crippen molar-refractivity contribution in [2.75, 3.05) is 19.0 Å². The van der Waals surface area contributed by atoms with E-state index in [2.05, 4.69) is 5.21 Å². The normalized spacial score (nSPS) is 12.7. The number of rotatable bonds is 11. The van der Waals surface area contributed by atoms with Crippen molar-refractivity contribution in [1.29, 1.82) is 0 Å². The van der Waals surface area contributed by atoms with Gasteiger partial charge in [0.05, 0.1) is 24.2 Å². The van der Waals surface area contributed by atoms with Crippen LogP contribution in [0.3, 0.4) is 0 Å². The number of aromatic nitrogens is 3. The largest absolute Gasteiger partial charge is 0.741 e. The lowest BCUT2D eigenvalue weighted by atomic mass is 10.1. The van der Waals surface area contributed by atoms with Gasteiger partial charge in [0.25, 0.3) is 10.1 Å². The summed E-state index contributed by atoms with van der Waals surface area (Å²) in [6.07, 6.45) is 2.55. The van der Waals surface area contributed by atoms with Gasteiger partial charge in [0.1, 0.15) is 24.9 Å². The summed E-state index contributed by atoms with van der Waals surface area (Å²) in [6.45, 7) is 4.22. The van der Waals surface area contributed by atoms with E-state index in [4.69, 9.17) is 21.9 Å². The Kier molecular flexibility index (Phi) is 10.8. The van der Waals surface area contributed by atoms with Crippen molar-refractivity contribution in [3.05, 3.63) is 54.4 Å². The van der Waals surface area contributed by atoms with Crippen LogP contribution in [0.2, 0.25) is 0 Å². The number of fused-ring (bicyclic) bond motifs is 1. The molecule has 1 aromatic heterocycles. The van der Waals surface area contributed by atoms with Crippen molar-refractivity contribution in [3.8, 4) is 5.75 Å². The lowest BCUT2D eigenvalue weighted by molar-refractivity contribution is -0.755. The summed E-state index contributed by atoms with van der Waals surface area (Å²) in [4.78, 5) is 0. The first kappa shape index (κ1) is 32.4. The topological polar surface area (TPSA) is 152 Å². The molecule has 16 heteroatoms. The maximum absolute atomic E-state index is 12.1. The van der Waals surface area contributed by atoms with Gasteiger partial charge in [-0.1, -0.05) is 30.3 Å². The quantitative estimate of drug-likeness (QED) is 0.115. The minimum atomic E-state index is -6.09. The molecule has 1 heterocycles. The van der Waals surface area contributed by atoms with Crippen LogP contribution in [-0.2, 0) is 43.6 Å². The van der Waals surface area contributed by atoms with E-state index in [0.29, 0.717) is 31.7 Å². The highest BCUT2D eigenvalue weighted by atomic mass is 32.2. The Labute approximate surface area is 224 Å². The number of aliphatic hydroxyl groups is 1. The first-order chi connectivity index (χ1) is 17.9. The zero-order valence-electron chi connectivity index (χ0n) is 21.5. The fourth-order valence-electron chi connectivity index (χ4n) is 3.29. The highest BCUT2D eigenvalue weighted by Gasteiger charge is 2.37. The molecule has 0 aliphatic heterocycles. The third-order valence-electron chi connectivity index (χ3n) is 5.10. The van der Waals surface area contributed by atoms with E-state index in [1.54, 1.807) is 36.5 Å². The second-order valence-corrected chi connectivity index (χ2v) is 12.0. The van der Waals surface area contributed by atoms with Crippen LogP contribution in [-0.4, -0.2) is 60.9 Å². The fraction of sp³-hybridized carbons (Fsp3) is 0.478. The monoisotopic (exact) mass is 597 g/mol. The Morgan fingerprint density at radius 1 is 1.03 bits per heavy atom. The van der Waals surface area contributed by atoms with Crippen LogP contribution < -0.4 is 9.42 Å². The van der Waals surface area contributed by atoms with Crippen molar-refractivity contribution < 1.29 is 53.3 Å². The molecule has 0 aliphatic carbocycles. The van der Waals surface area contributed by atoms with E-state index in [1.165, 1.54) is 0 Å². The summed E-state index contributed by atoms with van der Waals surface area (Å²) >= 11 is 0. The summed E-state index contributed by atoms with van der Waals surface area (Å²) in [5.74, 6) is 0.652. The van der Waals surface area contributed by atoms with Crippen LogP contribution >= 0.6 is 0 Å². The SMILES string of the molecule is Cn1n[n+](CCCS(=O)(=O)OCCCOc2ccc3ccccc3c2)cc1C(C)(C)O.O=S(=O)([O-])C(F)(F)F. The average Bonchev–Trinajstić information content (AvgIpc) is 3.18. The number of hydrogen-bond donors (Lipinski definition) is 1. The number of benzene rings is 2. The molecule has 3 rings (SSSR count). The van der Waals surface area contributed by atoms with Crippen molar-refractivity contribution >= 4 is 31.0 Å². The smallest absolute Gasteiger partial charge is 0.485 e. The first-order valence-corrected chi connectivity index (χ1v) is 14.5. The molecule has 0 aliphatic rings. The van der Waals surface area contributed by atoms with E-state index in [0.717, 1.165) is 16.5 Å². The molecule has 218 valence electrons. The van der Waals surface area contributed by atoms with Crippen molar-refractivity contribution in [2.24, 2.45) is 7.05 Å². The highest BCUT2D eigenvalue weighted by Crippen LogP contribution is 2.21. The maximum atomic E-state index is 12.1. The number of nitrogens with zero attached hydrogens (tertiary/aromatic N) is 3. The van der Waals surface area contributed by atoms with Gasteiger partial charge in [0.2, 0.25) is 0 Å². The van der Waals surface area contributed by atoms with Gasteiger partial charge < -0.3 is 14.4 Å². The Morgan fingerprint density at radius 2 is 1.64 bits per heavy atom. The Balaban J connectivity index is 0.000000580. The molecule has 0 spiro atoms. The van der Waals surface area contributed by atoms with Crippen molar-refractivity contribution in [1.82, 2.24) is 9.90 Å². The molecule has 0 fully saturated rings. The van der Waals surface area contributed by atoms with Gasteiger partial charge >= 0.3 is 5.51 Å². The van der Waals surface area contributed by atoms with Gasteiger partial charge in [0, 0.05) is 12.8 Å². The third kappa shape index (κ3) is 10.7. The van der Waals surface area contributed by atoms with Crippen LogP contribution in [0.1, 0.15) is 32.4 Å². The van der Waals surface area contributed by atoms with Crippen LogP contribution in [0.5, 0.6) is 5.75 Å². The van der Waals surface area contributed by atoms with Gasteiger partial charge in [-0.2, -0.15) is 21.6 Å². The lowest BCUT2D eigenvalue weighted by Gasteiger charge is -2.11. The van der Waals surface area contributed by atoms with Crippen molar-refractivity contribution in [3.63, 3.8) is 0 Å². The van der Waals surface area contributed by atoms with Crippen LogP contribution in [0, 0.1) is 0 Å². The van der Waals surface area contributed by atoms with Gasteiger partial charge in [-0.05, 0) is 36.8 Å². The minimum absolute atomic E-state index is 0.0789. The molecular weight excluding hydrogens is 567 g/mol. The summed E-state index contributed by atoms with van der Waals surface area (Å²) in [5, 5.41) is 16.6. The molecule has 3 aromatic rings. The number of hydrogen-bond acceptors (Lipinski definition) is 9. The molecule has 39 heavy (non-hydrogen) atoms. The zero-order chi connectivity index (χ0) is 29.5. The molecular formula is C23H30F3N3O8S2. The lowest BCUT2D eigenvalue weighted by Crippen LogP contribution is -2.37. The Hall–Kier alpha value is -2.79. The number of aryl methyl sites for hydroxylation is 2. The Bertz CT molecular complexity index is 1450. The predicted molar refractivity (Wildman–Crippen MR) is 133 cm³/mol. The summed E-state index contributed by atoms with van der Waals surface area (Å²) in [5.41, 5.74) is -6.01. The van der Waals surface area contributed by atoms with Gasteiger partial charge in [-0.25, -0.2) is 8.42 Å². The average molecular weight is 598 g/mol. The van der Waals surface area contributed by atoms with Crippen LogP contribution in [0.15, 0.2) is 48.7 Å². The molecule has 0 amide bonds. The molecule has 2 aromatic carbocycles. The third-order valence-corrected chi connectivity index (χ3v) is 6.98. The fourth-order valence-corrected chi connectivity index (χ4v) is 4.26. The molecule has 0 bridgehead atoms. The summed E-state index contributed by atoms with van der Waals surface area (Å²) < 4.78 is 97.1. The number of alkyl halides is 3. The Morgan fingerprint density at radius 3 is 2.21 bits per heavy atom. The van der Waals surface area contributed by atoms with Gasteiger partial charge in [0.15, 0.2) is 22.0 Å². The van der Waals surface area contributed by atoms with E-state index in [1.807, 2.05) is 42.5 Å². The first-order valence-electron chi connectivity index (χ1n) is 11.6. The maximum Gasteiger partial charge on any atom is 0.485 e. The molecule has 0 atom stereocenters. The minimum Gasteiger partial charge on any atom is -0.741 e. The van der Waals surface area contributed by atoms with Crippen LogP contribution in [0.25, 0.3) is 10.8 Å². The standard InChI is InChI=1S/C22H30N3O5S.CHF3O3S/c1-22(2,26)21-17-25(23-24(21)3)12-6-15-31(27,28)30-14-7-13-29-20-11-10-18-8-4-5-9-19(18)16-20;2-1(3,4)8(5,6)7/h4-5,8-11,16-17,26H,6-7,12-15H2,1-3H3;(H,5,6,7)/q+1;/p-1. The molecule has 0 unspecified atom stereocenters. The van der Waals surface area contributed by atoms with Gasteiger partial charge in [-0.3, -0.25) is 4.18 Å². The van der Waals surface area contributed by atoms with Crippen molar-refractivity contribution in [2.45, 2.75) is 44.3 Å². The molecule has 0 saturated heterocycles. The number of ether oxygens (including phenoxy) is 1. The van der Waals surface area contributed by atoms with E-state index >= 15 is 0 Å².